The monoisotopic (exact) mass is 1040 g/mol. The number of aryl methyl sites for hydroxylation is 1. The second kappa shape index (κ2) is 27.2. The molecule has 3 aromatic carbocycles. The van der Waals surface area contributed by atoms with Gasteiger partial charge in [-0.15, -0.1) is 11.3 Å². The molecule has 0 amide bonds. The van der Waals surface area contributed by atoms with Gasteiger partial charge in [0.2, 0.25) is 0 Å². The Bertz CT molecular complexity index is 2260. The fourth-order valence-corrected chi connectivity index (χ4v) is 11.7. The van der Waals surface area contributed by atoms with Crippen LogP contribution in [0.3, 0.4) is 0 Å². The molecule has 5 atom stereocenters. The number of carbonyl (C=O) groups excluding carboxylic acids is 1. The van der Waals surface area contributed by atoms with E-state index in [1.807, 2.05) is 70.2 Å². The summed E-state index contributed by atoms with van der Waals surface area (Å²) in [4.78, 5) is 19.6. The van der Waals surface area contributed by atoms with Crippen LogP contribution in [0.15, 0.2) is 101 Å². The third kappa shape index (κ3) is 17.2. The van der Waals surface area contributed by atoms with Crippen molar-refractivity contribution in [3.05, 3.63) is 129 Å². The Labute approximate surface area is 441 Å². The number of Topliss-reactive ketones (excluding diaryl/α,β-unsaturated/α-hetero) is 1. The summed E-state index contributed by atoms with van der Waals surface area (Å²) in [7, 11) is -0.288. The quantitative estimate of drug-likeness (QED) is 0.0180. The summed E-state index contributed by atoms with van der Waals surface area (Å²) in [6.45, 7) is 33.7. The molecule has 1 heterocycles. The lowest BCUT2D eigenvalue weighted by Crippen LogP contribution is -2.52. The highest BCUT2D eigenvalue weighted by atomic mass is 32.1. The van der Waals surface area contributed by atoms with Gasteiger partial charge < -0.3 is 33.2 Å². The third-order valence-electron chi connectivity index (χ3n) is 14.8. The number of methoxy groups -OCH3 is 2. The second-order valence-electron chi connectivity index (χ2n) is 23.2. The van der Waals surface area contributed by atoms with Crippen LogP contribution in [0.25, 0.3) is 6.08 Å². The molecular weight excluding hydrogens is 951 g/mol. The molecule has 0 saturated carbocycles. The van der Waals surface area contributed by atoms with Crippen LogP contribution < -0.4 is 9.47 Å². The highest BCUT2D eigenvalue weighted by Gasteiger charge is 2.48. The van der Waals surface area contributed by atoms with E-state index in [1.165, 1.54) is 5.57 Å². The van der Waals surface area contributed by atoms with Gasteiger partial charge in [0.05, 0.1) is 49.8 Å². The highest BCUT2D eigenvalue weighted by Crippen LogP contribution is 2.45. The molecule has 72 heavy (non-hydrogen) atoms. The first kappa shape index (κ1) is 60.8. The molecule has 0 aliphatic carbocycles. The molecule has 0 aliphatic heterocycles. The van der Waals surface area contributed by atoms with Crippen molar-refractivity contribution >= 4 is 39.6 Å². The Hall–Kier alpha value is -3.73. The molecule has 1 aromatic heterocycles. The summed E-state index contributed by atoms with van der Waals surface area (Å²) in [5, 5.41) is 15.0. The topological polar surface area (TPSA) is 106 Å². The van der Waals surface area contributed by atoms with Gasteiger partial charge in [-0.25, -0.2) is 4.98 Å². The number of thiazole rings is 1. The number of ketones is 1. The first-order valence-corrected chi connectivity index (χ1v) is 33.6. The number of aliphatic hydroxyl groups is 1. The minimum Gasteiger partial charge on any atom is -0.497 e. The molecule has 0 saturated heterocycles. The van der Waals surface area contributed by atoms with E-state index in [-0.39, 0.29) is 36.2 Å². The Morgan fingerprint density at radius 1 is 0.806 bits per heavy atom. The van der Waals surface area contributed by atoms with Gasteiger partial charge in [-0.1, -0.05) is 134 Å². The Morgan fingerprint density at radius 2 is 1.38 bits per heavy atom. The fraction of sp³-hybridized carbons (Fsp3) is 0.567. The number of aliphatic hydroxyl groups excluding tert-OH is 1. The maximum atomic E-state index is 15.0. The Morgan fingerprint density at radius 3 is 1.89 bits per heavy atom. The maximum absolute atomic E-state index is 15.0. The van der Waals surface area contributed by atoms with E-state index in [0.29, 0.717) is 13.0 Å². The van der Waals surface area contributed by atoms with E-state index in [1.54, 1.807) is 25.6 Å². The fourth-order valence-electron chi connectivity index (χ4n) is 8.90. The molecule has 9 nitrogen and oxygen atoms in total. The van der Waals surface area contributed by atoms with Crippen LogP contribution >= 0.6 is 11.3 Å². The summed E-state index contributed by atoms with van der Waals surface area (Å²) >= 11 is 1.65. The van der Waals surface area contributed by atoms with Gasteiger partial charge in [-0.05, 0) is 136 Å². The van der Waals surface area contributed by atoms with Crippen molar-refractivity contribution in [1.29, 1.82) is 0 Å². The zero-order valence-corrected chi connectivity index (χ0v) is 50.0. The summed E-state index contributed by atoms with van der Waals surface area (Å²) in [6, 6.07) is 27.4. The zero-order chi connectivity index (χ0) is 53.5. The normalized spacial score (nSPS) is 15.5. The lowest BCUT2D eigenvalue weighted by Gasteiger charge is -2.45. The highest BCUT2D eigenvalue weighted by molar-refractivity contribution is 7.09. The first-order chi connectivity index (χ1) is 33.7. The van der Waals surface area contributed by atoms with E-state index in [4.69, 9.17) is 28.1 Å². The van der Waals surface area contributed by atoms with Crippen LogP contribution in [0.2, 0.25) is 43.8 Å². The van der Waals surface area contributed by atoms with Crippen LogP contribution in [0.1, 0.15) is 122 Å². The predicted octanol–water partition coefficient (Wildman–Crippen LogP) is 15.1. The number of ether oxygens (including phenoxy) is 5. The van der Waals surface area contributed by atoms with Gasteiger partial charge >= 0.3 is 0 Å². The zero-order valence-electron chi connectivity index (χ0n) is 47.1. The SMILES string of the molecule is COc1ccc(C(OCC[C@H](O[Si](C)(C)C(C)(C)C)C(C)(C)C(=O)[C@H](C)[C@@H](O)[C@@H](C)CCC/C(C)=C\C[C@H](OCOCC[Si](C)(C)C)/C(C)=C/c2csc(C)n2)(c2ccccc2)c2ccc(OC)cc2)cc1. The summed E-state index contributed by atoms with van der Waals surface area (Å²) in [5.74, 6) is 0.790. The summed E-state index contributed by atoms with van der Waals surface area (Å²) < 4.78 is 38.0. The molecule has 4 aromatic rings. The van der Waals surface area contributed by atoms with Crippen molar-refractivity contribution in [3.8, 4) is 11.5 Å². The number of nitrogens with zero attached hydrogens (tertiary/aromatic N) is 1. The summed E-state index contributed by atoms with van der Waals surface area (Å²) in [6.07, 6.45) is 6.70. The van der Waals surface area contributed by atoms with E-state index in [0.717, 1.165) is 76.2 Å². The van der Waals surface area contributed by atoms with Crippen molar-refractivity contribution in [2.24, 2.45) is 17.3 Å². The molecular formula is C60H91NO8SSi2. The average molecular weight is 1040 g/mol. The van der Waals surface area contributed by atoms with Gasteiger partial charge in [0.15, 0.2) is 8.32 Å². The number of hydrogen-bond donors (Lipinski definition) is 1. The van der Waals surface area contributed by atoms with Crippen molar-refractivity contribution in [1.82, 2.24) is 4.98 Å². The van der Waals surface area contributed by atoms with E-state index >= 15 is 0 Å². The van der Waals surface area contributed by atoms with Crippen molar-refractivity contribution in [2.45, 2.75) is 169 Å². The number of carbonyl (C=O) groups is 1. The van der Waals surface area contributed by atoms with Crippen LogP contribution in [-0.4, -0.2) is 84.8 Å². The van der Waals surface area contributed by atoms with Crippen molar-refractivity contribution in [3.63, 3.8) is 0 Å². The Kier molecular flexibility index (Phi) is 23.0. The molecule has 12 heteroatoms. The maximum Gasteiger partial charge on any atom is 0.192 e. The lowest BCUT2D eigenvalue weighted by molar-refractivity contribution is -0.142. The van der Waals surface area contributed by atoms with Crippen LogP contribution in [-0.2, 0) is 29.0 Å². The second-order valence-corrected chi connectivity index (χ2v) is 34.6. The molecule has 0 bridgehead atoms. The van der Waals surface area contributed by atoms with Gasteiger partial charge in [0, 0.05) is 31.4 Å². The van der Waals surface area contributed by atoms with E-state index in [9.17, 15) is 9.90 Å². The summed E-state index contributed by atoms with van der Waals surface area (Å²) in [5.41, 5.74) is 4.21. The van der Waals surface area contributed by atoms with Crippen molar-refractivity contribution in [2.75, 3.05) is 34.2 Å². The Balaban J connectivity index is 1.51. The number of allylic oxidation sites excluding steroid dienone is 1. The van der Waals surface area contributed by atoms with Gasteiger partial charge in [-0.3, -0.25) is 4.79 Å². The van der Waals surface area contributed by atoms with Crippen molar-refractivity contribution < 1.29 is 38.0 Å². The largest absolute Gasteiger partial charge is 0.497 e. The lowest BCUT2D eigenvalue weighted by atomic mass is 9.73. The van der Waals surface area contributed by atoms with Gasteiger partial charge in [0.1, 0.15) is 29.7 Å². The van der Waals surface area contributed by atoms with Gasteiger partial charge in [-0.2, -0.15) is 0 Å². The molecule has 0 unspecified atom stereocenters. The standard InChI is InChI=1S/C60H91NO8SSi2/c1-43(26-35-54(67-42-66-38-39-71(13,14)15)45(3)40-51-41-70-47(5)61-51)22-21-23-44(2)56(62)46(4)57(63)59(9,10)55(69-72(16,17)58(6,7)8)36-37-68-60(48-24-19-18-20-25-48,49-27-31-52(64-11)32-28-49)50-29-33-53(65-12)34-30-50/h18-20,24-34,40-41,44,46,54-56,62H,21-23,35-39,42H2,1-17H3/b43-26-,45-40+/t44-,46+,54-,55-,56-/m0/s1. The van der Waals surface area contributed by atoms with E-state index in [2.05, 4.69) is 133 Å². The first-order valence-electron chi connectivity index (χ1n) is 26.1. The predicted molar refractivity (Wildman–Crippen MR) is 305 cm³/mol. The van der Waals surface area contributed by atoms with Crippen LogP contribution in [0.5, 0.6) is 11.5 Å². The third-order valence-corrected chi connectivity index (χ3v) is 21.8. The number of aromatic nitrogens is 1. The smallest absolute Gasteiger partial charge is 0.192 e. The average Bonchev–Trinajstić information content (AvgIpc) is 3.75. The molecule has 0 radical (unpaired) electrons. The molecule has 0 fully saturated rings. The molecule has 1 N–H and O–H groups in total. The molecule has 398 valence electrons. The minimum absolute atomic E-state index is 0.00647. The number of benzene rings is 3. The van der Waals surface area contributed by atoms with Crippen LogP contribution in [0.4, 0.5) is 0 Å². The van der Waals surface area contributed by atoms with Gasteiger partial charge in [0.25, 0.3) is 0 Å². The minimum atomic E-state index is -2.42. The number of hydrogen-bond acceptors (Lipinski definition) is 10. The van der Waals surface area contributed by atoms with Crippen LogP contribution in [0, 0.1) is 24.2 Å². The molecule has 0 aliphatic rings. The molecule has 0 spiro atoms. The van der Waals surface area contributed by atoms with E-state index < -0.39 is 45.5 Å². The number of rotatable bonds is 30. The molecule has 4 rings (SSSR count).